The monoisotopic (exact) mass is 416 g/mol. The first-order chi connectivity index (χ1) is 14.3. The molecule has 0 aliphatic carbocycles. The molecule has 2 fully saturated rings. The van der Waals surface area contributed by atoms with E-state index in [0.717, 1.165) is 56.4 Å². The summed E-state index contributed by atoms with van der Waals surface area (Å²) < 4.78 is 0. The molecule has 0 N–H and O–H groups in total. The standard InChI is InChI=1S/C22H36N6O2/c1-6-27(7-2)15-21(30)28-10-8-16(9-11-28)22-23-18(13-19(24-22)25(3)4)17-12-20(29)26(5)14-17/h13,16-17H,6-12,14-15H2,1-5H3. The van der Waals surface area contributed by atoms with E-state index in [1.807, 2.05) is 37.0 Å². The van der Waals surface area contributed by atoms with E-state index in [-0.39, 0.29) is 23.7 Å². The second kappa shape index (κ2) is 9.73. The van der Waals surface area contributed by atoms with Crippen LogP contribution < -0.4 is 4.90 Å². The summed E-state index contributed by atoms with van der Waals surface area (Å²) >= 11 is 0. The Bertz CT molecular complexity index is 756. The van der Waals surface area contributed by atoms with Crippen LogP contribution in [-0.2, 0) is 9.59 Å². The number of hydrogen-bond acceptors (Lipinski definition) is 6. The SMILES string of the molecule is CCN(CC)CC(=O)N1CCC(c2nc(C3CC(=O)N(C)C3)cc(N(C)C)n2)CC1. The third-order valence-electron chi connectivity index (χ3n) is 6.43. The van der Waals surface area contributed by atoms with Gasteiger partial charge in [-0.2, -0.15) is 0 Å². The third kappa shape index (κ3) is 5.09. The molecular formula is C22H36N6O2. The highest BCUT2D eigenvalue weighted by Crippen LogP contribution is 2.31. The number of anilines is 1. The van der Waals surface area contributed by atoms with Gasteiger partial charge in [-0.1, -0.05) is 13.8 Å². The zero-order valence-electron chi connectivity index (χ0n) is 19.1. The average Bonchev–Trinajstić information content (AvgIpc) is 3.10. The molecule has 0 aromatic carbocycles. The highest BCUT2D eigenvalue weighted by Gasteiger charge is 2.31. The van der Waals surface area contributed by atoms with E-state index < -0.39 is 0 Å². The van der Waals surface area contributed by atoms with E-state index in [9.17, 15) is 9.59 Å². The first-order valence-electron chi connectivity index (χ1n) is 11.1. The minimum atomic E-state index is 0.124. The zero-order chi connectivity index (χ0) is 21.8. The fourth-order valence-electron chi connectivity index (χ4n) is 4.28. The number of aromatic nitrogens is 2. The van der Waals surface area contributed by atoms with Gasteiger partial charge < -0.3 is 14.7 Å². The van der Waals surface area contributed by atoms with Crippen molar-refractivity contribution in [1.82, 2.24) is 24.7 Å². The fraction of sp³-hybridized carbons (Fsp3) is 0.727. The summed E-state index contributed by atoms with van der Waals surface area (Å²) in [5, 5.41) is 0. The molecule has 0 bridgehead atoms. The molecule has 1 aromatic heterocycles. The van der Waals surface area contributed by atoms with Gasteiger partial charge >= 0.3 is 0 Å². The number of likely N-dealkylation sites (tertiary alicyclic amines) is 2. The number of piperidine rings is 1. The zero-order valence-corrected chi connectivity index (χ0v) is 19.1. The van der Waals surface area contributed by atoms with Crippen LogP contribution in [0.15, 0.2) is 6.07 Å². The summed E-state index contributed by atoms with van der Waals surface area (Å²) in [4.78, 5) is 42.3. The number of rotatable bonds is 7. The van der Waals surface area contributed by atoms with Gasteiger partial charge in [0, 0.05) is 65.1 Å². The van der Waals surface area contributed by atoms with Crippen molar-refractivity contribution in [3.05, 3.63) is 17.6 Å². The van der Waals surface area contributed by atoms with Gasteiger partial charge in [0.2, 0.25) is 11.8 Å². The second-order valence-corrected chi connectivity index (χ2v) is 8.70. The molecule has 8 heteroatoms. The van der Waals surface area contributed by atoms with Crippen LogP contribution in [0.1, 0.15) is 56.5 Å². The van der Waals surface area contributed by atoms with Gasteiger partial charge in [0.25, 0.3) is 0 Å². The number of carbonyl (C=O) groups is 2. The van der Waals surface area contributed by atoms with Crippen LogP contribution in [0.4, 0.5) is 5.82 Å². The number of carbonyl (C=O) groups excluding carboxylic acids is 2. The smallest absolute Gasteiger partial charge is 0.236 e. The lowest BCUT2D eigenvalue weighted by atomic mass is 9.95. The summed E-state index contributed by atoms with van der Waals surface area (Å²) in [7, 11) is 5.81. The molecular weight excluding hydrogens is 380 g/mol. The van der Waals surface area contributed by atoms with E-state index in [4.69, 9.17) is 9.97 Å². The van der Waals surface area contributed by atoms with Crippen LogP contribution in [-0.4, -0.2) is 96.9 Å². The Morgan fingerprint density at radius 3 is 2.33 bits per heavy atom. The Labute approximate surface area is 180 Å². The van der Waals surface area contributed by atoms with Gasteiger partial charge in [0.15, 0.2) is 0 Å². The summed E-state index contributed by atoms with van der Waals surface area (Å²) in [6, 6.07) is 2.02. The Kier molecular flexibility index (Phi) is 7.28. The van der Waals surface area contributed by atoms with E-state index in [1.165, 1.54) is 0 Å². The fourth-order valence-corrected chi connectivity index (χ4v) is 4.28. The normalized spacial score (nSPS) is 20.3. The van der Waals surface area contributed by atoms with Crippen molar-refractivity contribution in [3.8, 4) is 0 Å². The molecule has 2 saturated heterocycles. The third-order valence-corrected chi connectivity index (χ3v) is 6.43. The average molecular weight is 417 g/mol. The predicted octanol–water partition coefficient (Wildman–Crippen LogP) is 1.54. The molecule has 2 aliphatic heterocycles. The van der Waals surface area contributed by atoms with Crippen molar-refractivity contribution in [2.24, 2.45) is 0 Å². The van der Waals surface area contributed by atoms with Crippen LogP contribution in [0.2, 0.25) is 0 Å². The molecule has 0 spiro atoms. The first-order valence-corrected chi connectivity index (χ1v) is 11.1. The van der Waals surface area contributed by atoms with E-state index >= 15 is 0 Å². The molecule has 8 nitrogen and oxygen atoms in total. The van der Waals surface area contributed by atoms with Gasteiger partial charge in [-0.05, 0) is 25.9 Å². The first kappa shape index (κ1) is 22.5. The van der Waals surface area contributed by atoms with E-state index in [1.54, 1.807) is 4.90 Å². The Morgan fingerprint density at radius 1 is 1.13 bits per heavy atom. The van der Waals surface area contributed by atoms with Crippen LogP contribution in [0.5, 0.6) is 0 Å². The summed E-state index contributed by atoms with van der Waals surface area (Å²) in [5.74, 6) is 2.50. The maximum atomic E-state index is 12.6. The van der Waals surface area contributed by atoms with Crippen LogP contribution in [0.3, 0.4) is 0 Å². The Balaban J connectivity index is 1.70. The highest BCUT2D eigenvalue weighted by atomic mass is 16.2. The minimum Gasteiger partial charge on any atom is -0.363 e. The second-order valence-electron chi connectivity index (χ2n) is 8.70. The number of amides is 2. The molecule has 0 radical (unpaired) electrons. The molecule has 3 heterocycles. The highest BCUT2D eigenvalue weighted by molar-refractivity contribution is 5.79. The van der Waals surface area contributed by atoms with Crippen LogP contribution >= 0.6 is 0 Å². The van der Waals surface area contributed by atoms with Gasteiger partial charge in [0.05, 0.1) is 12.2 Å². The van der Waals surface area contributed by atoms with Gasteiger partial charge in [-0.15, -0.1) is 0 Å². The summed E-state index contributed by atoms with van der Waals surface area (Å²) in [6.45, 7) is 8.67. The van der Waals surface area contributed by atoms with Crippen LogP contribution in [0, 0.1) is 0 Å². The maximum absolute atomic E-state index is 12.6. The molecule has 2 aliphatic rings. The van der Waals surface area contributed by atoms with Crippen LogP contribution in [0.25, 0.3) is 0 Å². The van der Waals surface area contributed by atoms with Crippen molar-refractivity contribution >= 4 is 17.6 Å². The summed E-state index contributed by atoms with van der Waals surface area (Å²) in [6.07, 6.45) is 2.27. The van der Waals surface area contributed by atoms with Crippen molar-refractivity contribution in [2.45, 2.75) is 44.9 Å². The minimum absolute atomic E-state index is 0.124. The van der Waals surface area contributed by atoms with E-state index in [0.29, 0.717) is 19.5 Å². The van der Waals surface area contributed by atoms with Crippen molar-refractivity contribution < 1.29 is 9.59 Å². The molecule has 1 aromatic rings. The molecule has 30 heavy (non-hydrogen) atoms. The Morgan fingerprint density at radius 2 is 1.80 bits per heavy atom. The quantitative estimate of drug-likeness (QED) is 0.671. The number of hydrogen-bond donors (Lipinski definition) is 0. The molecule has 166 valence electrons. The molecule has 1 atom stereocenters. The largest absolute Gasteiger partial charge is 0.363 e. The number of nitrogens with zero attached hydrogens (tertiary/aromatic N) is 6. The van der Waals surface area contributed by atoms with Gasteiger partial charge in [-0.25, -0.2) is 9.97 Å². The molecule has 2 amide bonds. The van der Waals surface area contributed by atoms with Crippen molar-refractivity contribution in [1.29, 1.82) is 0 Å². The lowest BCUT2D eigenvalue weighted by Gasteiger charge is -2.33. The topological polar surface area (TPSA) is 72.9 Å². The van der Waals surface area contributed by atoms with E-state index in [2.05, 4.69) is 18.7 Å². The maximum Gasteiger partial charge on any atom is 0.236 e. The van der Waals surface area contributed by atoms with Gasteiger partial charge in [-0.3, -0.25) is 14.5 Å². The van der Waals surface area contributed by atoms with Crippen molar-refractivity contribution in [2.75, 3.05) is 65.3 Å². The predicted molar refractivity (Wildman–Crippen MR) is 118 cm³/mol. The molecule has 1 unspecified atom stereocenters. The number of likely N-dealkylation sites (N-methyl/N-ethyl adjacent to an activating group) is 2. The van der Waals surface area contributed by atoms with Gasteiger partial charge in [0.1, 0.15) is 11.6 Å². The lowest BCUT2D eigenvalue weighted by Crippen LogP contribution is -2.44. The molecule has 3 rings (SSSR count). The van der Waals surface area contributed by atoms with Crippen molar-refractivity contribution in [3.63, 3.8) is 0 Å². The lowest BCUT2D eigenvalue weighted by molar-refractivity contribution is -0.133. The summed E-state index contributed by atoms with van der Waals surface area (Å²) in [5.41, 5.74) is 0.960. The molecule has 0 saturated carbocycles. The Hall–Kier alpha value is -2.22.